The fourth-order valence-electron chi connectivity index (χ4n) is 2.42. The lowest BCUT2D eigenvalue weighted by atomic mass is 10.1. The van der Waals surface area contributed by atoms with E-state index in [1.807, 2.05) is 12.1 Å². The molecule has 0 aliphatic rings. The van der Waals surface area contributed by atoms with Gasteiger partial charge in [0.15, 0.2) is 0 Å². The van der Waals surface area contributed by atoms with Gasteiger partial charge in [0.2, 0.25) is 5.91 Å². The number of amides is 1. The summed E-state index contributed by atoms with van der Waals surface area (Å²) in [4.78, 5) is 26.3. The number of nitro benzene ring substituents is 1. The summed E-state index contributed by atoms with van der Waals surface area (Å²) in [6, 6.07) is 13.4. The van der Waals surface area contributed by atoms with Crippen LogP contribution in [0.15, 0.2) is 53.0 Å². The Balaban J connectivity index is 1.96. The van der Waals surface area contributed by atoms with Gasteiger partial charge in [-0.1, -0.05) is 22.0 Å². The molecule has 0 bridgehead atoms. The van der Waals surface area contributed by atoms with Crippen LogP contribution in [0.3, 0.4) is 0 Å². The van der Waals surface area contributed by atoms with E-state index in [9.17, 15) is 14.9 Å². The van der Waals surface area contributed by atoms with E-state index in [1.54, 1.807) is 24.3 Å². The largest absolute Gasteiger partial charge is 0.366 e. The van der Waals surface area contributed by atoms with Gasteiger partial charge in [0, 0.05) is 39.7 Å². The third kappa shape index (κ3) is 3.26. The summed E-state index contributed by atoms with van der Waals surface area (Å²) in [6.07, 6.45) is 0.454. The van der Waals surface area contributed by atoms with Crippen molar-refractivity contribution in [1.82, 2.24) is 4.98 Å². The molecule has 0 unspecified atom stereocenters. The first-order chi connectivity index (χ1) is 11.4. The van der Waals surface area contributed by atoms with Crippen molar-refractivity contribution in [2.45, 2.75) is 6.42 Å². The quantitative estimate of drug-likeness (QED) is 0.547. The third-order valence-corrected chi connectivity index (χ3v) is 4.42. The van der Waals surface area contributed by atoms with Gasteiger partial charge in [-0.05, 0) is 35.9 Å². The van der Waals surface area contributed by atoms with Crippen LogP contribution in [0, 0.1) is 10.1 Å². The van der Waals surface area contributed by atoms with Crippen molar-refractivity contribution in [3.8, 4) is 0 Å². The molecule has 24 heavy (non-hydrogen) atoms. The predicted molar refractivity (Wildman–Crippen MR) is 93.9 cm³/mol. The molecule has 1 aromatic heterocycles. The number of hydrogen-bond acceptors (Lipinski definition) is 4. The highest BCUT2D eigenvalue weighted by Crippen LogP contribution is 2.25. The number of primary amides is 1. The fraction of sp³-hybridized carbons (Fsp3) is 0.0588. The number of rotatable bonds is 4. The zero-order valence-corrected chi connectivity index (χ0v) is 14.0. The summed E-state index contributed by atoms with van der Waals surface area (Å²) in [5.74, 6) is -0.485. The van der Waals surface area contributed by atoms with E-state index in [1.165, 1.54) is 12.1 Å². The minimum absolute atomic E-state index is 0.0417. The molecule has 2 aromatic carbocycles. The number of nitro groups is 1. The SMILES string of the molecule is NC(=O)c1ccc2nc(Cc3cc([N+](=O)[O-])ccc3Br)ccc2c1. The van der Waals surface area contributed by atoms with Crippen molar-refractivity contribution in [3.05, 3.63) is 79.9 Å². The number of halogens is 1. The number of nitrogens with zero attached hydrogens (tertiary/aromatic N) is 2. The van der Waals surface area contributed by atoms with E-state index in [0.717, 1.165) is 26.6 Å². The van der Waals surface area contributed by atoms with Crippen molar-refractivity contribution in [2.75, 3.05) is 0 Å². The van der Waals surface area contributed by atoms with Crippen LogP contribution in [-0.2, 0) is 6.42 Å². The second kappa shape index (κ2) is 6.37. The summed E-state index contributed by atoms with van der Waals surface area (Å²) in [7, 11) is 0. The summed E-state index contributed by atoms with van der Waals surface area (Å²) in [6.45, 7) is 0. The molecule has 7 heteroatoms. The van der Waals surface area contributed by atoms with E-state index >= 15 is 0 Å². The van der Waals surface area contributed by atoms with Gasteiger partial charge in [-0.15, -0.1) is 0 Å². The highest BCUT2D eigenvalue weighted by molar-refractivity contribution is 9.10. The molecule has 3 aromatic rings. The lowest BCUT2D eigenvalue weighted by Gasteiger charge is -2.06. The third-order valence-electron chi connectivity index (χ3n) is 3.64. The molecule has 1 heterocycles. The topological polar surface area (TPSA) is 99.1 Å². The van der Waals surface area contributed by atoms with Gasteiger partial charge in [-0.3, -0.25) is 19.9 Å². The monoisotopic (exact) mass is 385 g/mol. The molecule has 0 saturated heterocycles. The number of carbonyl (C=O) groups excluding carboxylic acids is 1. The molecule has 2 N–H and O–H groups in total. The first-order valence-corrected chi connectivity index (χ1v) is 7.85. The summed E-state index contributed by atoms with van der Waals surface area (Å²) in [5, 5.41) is 11.7. The molecular formula is C17H12BrN3O3. The molecule has 120 valence electrons. The second-order valence-electron chi connectivity index (χ2n) is 5.28. The number of pyridine rings is 1. The van der Waals surface area contributed by atoms with Crippen molar-refractivity contribution < 1.29 is 9.72 Å². The van der Waals surface area contributed by atoms with Gasteiger partial charge in [-0.25, -0.2) is 0 Å². The molecular weight excluding hydrogens is 374 g/mol. The Morgan fingerprint density at radius 2 is 1.96 bits per heavy atom. The van der Waals surface area contributed by atoms with Gasteiger partial charge >= 0.3 is 0 Å². The number of aromatic nitrogens is 1. The smallest absolute Gasteiger partial charge is 0.269 e. The Morgan fingerprint density at radius 3 is 2.67 bits per heavy atom. The van der Waals surface area contributed by atoms with Crippen LogP contribution >= 0.6 is 15.9 Å². The van der Waals surface area contributed by atoms with Crippen LogP contribution in [0.1, 0.15) is 21.6 Å². The zero-order valence-electron chi connectivity index (χ0n) is 12.4. The van der Waals surface area contributed by atoms with E-state index in [-0.39, 0.29) is 5.69 Å². The number of fused-ring (bicyclic) bond motifs is 1. The highest BCUT2D eigenvalue weighted by Gasteiger charge is 2.11. The average molecular weight is 386 g/mol. The Labute approximate surface area is 145 Å². The van der Waals surface area contributed by atoms with Crippen molar-refractivity contribution in [2.24, 2.45) is 5.73 Å². The maximum absolute atomic E-state index is 11.2. The summed E-state index contributed by atoms with van der Waals surface area (Å²) >= 11 is 3.41. The van der Waals surface area contributed by atoms with Crippen LogP contribution in [0.5, 0.6) is 0 Å². The maximum Gasteiger partial charge on any atom is 0.269 e. The number of benzene rings is 2. The van der Waals surface area contributed by atoms with Gasteiger partial charge in [-0.2, -0.15) is 0 Å². The van der Waals surface area contributed by atoms with Crippen LogP contribution in [0.4, 0.5) is 5.69 Å². The van der Waals surface area contributed by atoms with E-state index in [4.69, 9.17) is 5.73 Å². The molecule has 0 aliphatic carbocycles. The molecule has 0 atom stereocenters. The average Bonchev–Trinajstić information content (AvgIpc) is 2.56. The Bertz CT molecular complexity index is 972. The maximum atomic E-state index is 11.2. The molecule has 6 nitrogen and oxygen atoms in total. The molecule has 0 fully saturated rings. The second-order valence-corrected chi connectivity index (χ2v) is 6.14. The van der Waals surface area contributed by atoms with Crippen molar-refractivity contribution >= 4 is 38.4 Å². The zero-order chi connectivity index (χ0) is 17.3. The van der Waals surface area contributed by atoms with Gasteiger partial charge in [0.05, 0.1) is 10.4 Å². The summed E-state index contributed by atoms with van der Waals surface area (Å²) < 4.78 is 0.791. The minimum atomic E-state index is -0.485. The number of nitrogens with two attached hydrogens (primary N) is 1. The predicted octanol–water partition coefficient (Wildman–Crippen LogP) is 3.60. The van der Waals surface area contributed by atoms with E-state index in [0.29, 0.717) is 12.0 Å². The minimum Gasteiger partial charge on any atom is -0.366 e. The molecule has 0 radical (unpaired) electrons. The first kappa shape index (κ1) is 16.1. The molecule has 1 amide bonds. The van der Waals surface area contributed by atoms with Crippen LogP contribution in [-0.4, -0.2) is 15.8 Å². The number of carbonyl (C=O) groups is 1. The van der Waals surface area contributed by atoms with Crippen LogP contribution < -0.4 is 5.73 Å². The highest BCUT2D eigenvalue weighted by atomic mass is 79.9. The first-order valence-electron chi connectivity index (χ1n) is 7.06. The van der Waals surface area contributed by atoms with Gasteiger partial charge in [0.1, 0.15) is 0 Å². The van der Waals surface area contributed by atoms with Gasteiger partial charge in [0.25, 0.3) is 5.69 Å². The van der Waals surface area contributed by atoms with Crippen LogP contribution in [0.25, 0.3) is 10.9 Å². The number of hydrogen-bond donors (Lipinski definition) is 1. The summed E-state index contributed by atoms with van der Waals surface area (Å²) in [5.41, 5.74) is 8.03. The lowest BCUT2D eigenvalue weighted by molar-refractivity contribution is -0.384. The Kier molecular flexibility index (Phi) is 4.26. The molecule has 3 rings (SSSR count). The molecule has 0 spiro atoms. The Morgan fingerprint density at radius 1 is 1.17 bits per heavy atom. The molecule has 0 saturated carbocycles. The van der Waals surface area contributed by atoms with E-state index < -0.39 is 10.8 Å². The fourth-order valence-corrected chi connectivity index (χ4v) is 2.81. The number of non-ortho nitro benzene ring substituents is 1. The Hall–Kier alpha value is -2.80. The van der Waals surface area contributed by atoms with E-state index in [2.05, 4.69) is 20.9 Å². The standard InChI is InChI=1S/C17H12BrN3O3/c18-15-5-4-14(21(23)24)9-12(15)8-13-3-1-10-7-11(17(19)22)2-6-16(10)20-13/h1-7,9H,8H2,(H2,19,22). The van der Waals surface area contributed by atoms with Crippen LogP contribution in [0.2, 0.25) is 0 Å². The van der Waals surface area contributed by atoms with Crippen molar-refractivity contribution in [3.63, 3.8) is 0 Å². The van der Waals surface area contributed by atoms with Crippen molar-refractivity contribution in [1.29, 1.82) is 0 Å². The normalized spacial score (nSPS) is 10.7. The molecule has 0 aliphatic heterocycles. The van der Waals surface area contributed by atoms with Gasteiger partial charge < -0.3 is 5.73 Å². The lowest BCUT2D eigenvalue weighted by Crippen LogP contribution is -2.10.